The van der Waals surface area contributed by atoms with Crippen molar-refractivity contribution in [1.29, 1.82) is 0 Å². The van der Waals surface area contributed by atoms with E-state index >= 15 is 0 Å². The fourth-order valence-corrected chi connectivity index (χ4v) is 4.40. The Balaban J connectivity index is 1.70. The number of aromatic nitrogens is 3. The van der Waals surface area contributed by atoms with Gasteiger partial charge in [0.2, 0.25) is 15.9 Å². The summed E-state index contributed by atoms with van der Waals surface area (Å²) in [6.45, 7) is 4.11. The Morgan fingerprint density at radius 2 is 2.07 bits per heavy atom. The molecule has 0 aliphatic rings. The Kier molecular flexibility index (Phi) is 6.64. The molecule has 0 atom stereocenters. The van der Waals surface area contributed by atoms with Gasteiger partial charge in [-0.15, -0.1) is 10.2 Å². The van der Waals surface area contributed by atoms with Gasteiger partial charge in [0, 0.05) is 19.8 Å². The van der Waals surface area contributed by atoms with Crippen molar-refractivity contribution in [3.8, 4) is 0 Å². The third kappa shape index (κ3) is 4.91. The maximum Gasteiger partial charge on any atom is 0.242 e. The zero-order valence-electron chi connectivity index (χ0n) is 17.1. The predicted octanol–water partition coefficient (Wildman–Crippen LogP) is 2.52. The smallest absolute Gasteiger partial charge is 0.242 e. The first-order valence-electron chi connectivity index (χ1n) is 9.05. The number of thioether (sulfide) groups is 1. The molecular weight excluding hydrogens is 426 g/mol. The highest BCUT2D eigenvalue weighted by molar-refractivity contribution is 7.99. The first-order chi connectivity index (χ1) is 14.2. The number of amides is 1. The van der Waals surface area contributed by atoms with Gasteiger partial charge in [-0.05, 0) is 49.2 Å². The van der Waals surface area contributed by atoms with Crippen LogP contribution in [-0.4, -0.2) is 53.2 Å². The molecule has 0 saturated carbocycles. The molecule has 0 fully saturated rings. The summed E-state index contributed by atoms with van der Waals surface area (Å²) in [7, 11) is -0.665. The van der Waals surface area contributed by atoms with Gasteiger partial charge in [-0.1, -0.05) is 11.8 Å². The summed E-state index contributed by atoms with van der Waals surface area (Å²) in [5.41, 5.74) is 2.06. The summed E-state index contributed by atoms with van der Waals surface area (Å²) in [6, 6.07) is 6.74. The lowest BCUT2D eigenvalue weighted by atomic mass is 10.1. The van der Waals surface area contributed by atoms with Crippen molar-refractivity contribution >= 4 is 33.4 Å². The van der Waals surface area contributed by atoms with Gasteiger partial charge in [-0.3, -0.25) is 4.79 Å². The molecule has 3 rings (SSSR count). The second kappa shape index (κ2) is 9.02. The van der Waals surface area contributed by atoms with E-state index in [9.17, 15) is 13.2 Å². The quantitative estimate of drug-likeness (QED) is 0.526. The van der Waals surface area contributed by atoms with Crippen LogP contribution in [0, 0.1) is 13.8 Å². The first kappa shape index (κ1) is 22.1. The summed E-state index contributed by atoms with van der Waals surface area (Å²) in [6.07, 6.45) is 3.17. The second-order valence-corrected chi connectivity index (χ2v) is 9.95. The number of carbonyl (C=O) groups excluding carboxylic acids is 1. The predicted molar refractivity (Wildman–Crippen MR) is 114 cm³/mol. The minimum Gasteiger partial charge on any atom is -0.467 e. The number of nitrogens with one attached hydrogen (secondary N) is 1. The lowest BCUT2D eigenvalue weighted by molar-refractivity contribution is -0.113. The van der Waals surface area contributed by atoms with Crippen LogP contribution in [0.25, 0.3) is 0 Å². The van der Waals surface area contributed by atoms with Gasteiger partial charge in [-0.2, -0.15) is 0 Å². The van der Waals surface area contributed by atoms with E-state index < -0.39 is 10.0 Å². The standard InChI is InChI=1S/C19H23N5O4S2/c1-13-8-16(30(26,27)23(3)4)9-17(14(13)2)21-18(25)11-29-19-22-20-12-24(19)10-15-6-5-7-28-15/h5-9,12H,10-11H2,1-4H3,(H,21,25). The molecule has 9 nitrogen and oxygen atoms in total. The molecule has 0 bridgehead atoms. The number of aryl methyl sites for hydroxylation is 1. The average Bonchev–Trinajstić information content (AvgIpc) is 3.35. The van der Waals surface area contributed by atoms with Gasteiger partial charge in [0.15, 0.2) is 5.16 Å². The largest absolute Gasteiger partial charge is 0.467 e. The van der Waals surface area contributed by atoms with Crippen LogP contribution in [0.3, 0.4) is 0 Å². The molecule has 0 aliphatic heterocycles. The molecule has 0 radical (unpaired) electrons. The average molecular weight is 450 g/mol. The van der Waals surface area contributed by atoms with Crippen LogP contribution in [0.1, 0.15) is 16.9 Å². The highest BCUT2D eigenvalue weighted by atomic mass is 32.2. The Morgan fingerprint density at radius 1 is 1.30 bits per heavy atom. The number of hydrogen-bond acceptors (Lipinski definition) is 7. The van der Waals surface area contributed by atoms with E-state index in [1.165, 1.54) is 31.9 Å². The SMILES string of the molecule is Cc1cc(S(=O)(=O)N(C)C)cc(NC(=O)CSc2nncn2Cc2ccco2)c1C. The monoisotopic (exact) mass is 449 g/mol. The number of benzene rings is 1. The van der Waals surface area contributed by atoms with Crippen LogP contribution in [0.5, 0.6) is 0 Å². The fraction of sp³-hybridized carbons (Fsp3) is 0.316. The Hall–Kier alpha value is -2.63. The number of carbonyl (C=O) groups is 1. The maximum absolute atomic E-state index is 12.5. The molecule has 0 unspecified atom stereocenters. The van der Waals surface area contributed by atoms with Gasteiger partial charge in [0.25, 0.3) is 0 Å². The van der Waals surface area contributed by atoms with E-state index in [0.29, 0.717) is 17.4 Å². The van der Waals surface area contributed by atoms with Gasteiger partial charge < -0.3 is 14.3 Å². The van der Waals surface area contributed by atoms with E-state index in [4.69, 9.17) is 4.42 Å². The van der Waals surface area contributed by atoms with Gasteiger partial charge in [0.05, 0.1) is 23.5 Å². The highest BCUT2D eigenvalue weighted by Gasteiger charge is 2.20. The van der Waals surface area contributed by atoms with E-state index in [2.05, 4.69) is 15.5 Å². The molecule has 1 N–H and O–H groups in total. The Morgan fingerprint density at radius 3 is 2.73 bits per heavy atom. The molecule has 160 valence electrons. The van der Waals surface area contributed by atoms with Crippen molar-refractivity contribution in [2.45, 2.75) is 30.4 Å². The lowest BCUT2D eigenvalue weighted by Gasteiger charge is -2.16. The third-order valence-electron chi connectivity index (χ3n) is 4.51. The van der Waals surface area contributed by atoms with Crippen molar-refractivity contribution in [3.05, 3.63) is 53.7 Å². The number of furan rings is 1. The van der Waals surface area contributed by atoms with Crippen LogP contribution < -0.4 is 5.32 Å². The van der Waals surface area contributed by atoms with Crippen molar-refractivity contribution in [2.75, 3.05) is 25.2 Å². The van der Waals surface area contributed by atoms with E-state index in [1.807, 2.05) is 19.9 Å². The van der Waals surface area contributed by atoms with Crippen molar-refractivity contribution < 1.29 is 17.6 Å². The normalized spacial score (nSPS) is 11.8. The topological polar surface area (TPSA) is 110 Å². The summed E-state index contributed by atoms with van der Waals surface area (Å²) in [5, 5.41) is 11.3. The molecule has 30 heavy (non-hydrogen) atoms. The van der Waals surface area contributed by atoms with Crippen LogP contribution in [-0.2, 0) is 21.4 Å². The third-order valence-corrected chi connectivity index (χ3v) is 7.29. The van der Waals surface area contributed by atoms with E-state index in [0.717, 1.165) is 21.2 Å². The van der Waals surface area contributed by atoms with Crippen LogP contribution in [0.4, 0.5) is 5.69 Å². The van der Waals surface area contributed by atoms with Gasteiger partial charge in [-0.25, -0.2) is 12.7 Å². The molecule has 0 saturated heterocycles. The molecule has 1 amide bonds. The van der Waals surface area contributed by atoms with Crippen LogP contribution in [0.15, 0.2) is 51.3 Å². The molecule has 3 aromatic rings. The molecule has 2 aromatic heterocycles. The van der Waals surface area contributed by atoms with Crippen molar-refractivity contribution in [3.63, 3.8) is 0 Å². The minimum atomic E-state index is -3.61. The minimum absolute atomic E-state index is 0.0972. The van der Waals surface area contributed by atoms with E-state index in [-0.39, 0.29) is 16.6 Å². The van der Waals surface area contributed by atoms with Gasteiger partial charge >= 0.3 is 0 Å². The number of nitrogens with zero attached hydrogens (tertiary/aromatic N) is 4. The molecule has 2 heterocycles. The molecule has 0 spiro atoms. The maximum atomic E-state index is 12.5. The Labute approximate surface area is 179 Å². The number of rotatable bonds is 8. The fourth-order valence-electron chi connectivity index (χ4n) is 2.67. The first-order valence-corrected chi connectivity index (χ1v) is 11.5. The van der Waals surface area contributed by atoms with E-state index in [1.54, 1.807) is 29.3 Å². The molecule has 1 aromatic carbocycles. The summed E-state index contributed by atoms with van der Waals surface area (Å²) in [5.74, 6) is 0.584. The second-order valence-electron chi connectivity index (χ2n) is 6.86. The number of sulfonamides is 1. The van der Waals surface area contributed by atoms with Crippen molar-refractivity contribution in [1.82, 2.24) is 19.1 Å². The molecule has 11 heteroatoms. The number of hydrogen-bond donors (Lipinski definition) is 1. The summed E-state index contributed by atoms with van der Waals surface area (Å²) in [4.78, 5) is 12.7. The molecular formula is C19H23N5O4S2. The zero-order valence-corrected chi connectivity index (χ0v) is 18.7. The lowest BCUT2D eigenvalue weighted by Crippen LogP contribution is -2.23. The van der Waals surface area contributed by atoms with Crippen LogP contribution in [0.2, 0.25) is 0 Å². The summed E-state index contributed by atoms with van der Waals surface area (Å²) >= 11 is 1.24. The molecule has 0 aliphatic carbocycles. The van der Waals surface area contributed by atoms with Gasteiger partial charge in [0.1, 0.15) is 12.1 Å². The van der Waals surface area contributed by atoms with Crippen molar-refractivity contribution in [2.24, 2.45) is 0 Å². The highest BCUT2D eigenvalue weighted by Crippen LogP contribution is 2.26. The zero-order chi connectivity index (χ0) is 21.9. The number of anilines is 1. The van der Waals surface area contributed by atoms with Crippen LogP contribution >= 0.6 is 11.8 Å². The summed E-state index contributed by atoms with van der Waals surface area (Å²) < 4.78 is 33.2. The Bertz CT molecular complexity index is 1140.